The van der Waals surface area contributed by atoms with E-state index in [0.29, 0.717) is 10.2 Å². The number of hydrogen-bond acceptors (Lipinski definition) is 3. The number of H-pyrrole nitrogens is 2. The smallest absolute Gasteiger partial charge is 0.298 e. The van der Waals surface area contributed by atoms with Crippen molar-refractivity contribution in [3.05, 3.63) is 68.7 Å². The minimum atomic E-state index is -0.473. The number of rotatable bonds is 1. The standard InChI is InChI=1S/C16H10N2O2S/c19-14-13-12(8-21-15(13)18-16(20)17-14)11-6-5-9-3-1-2-4-10(9)7-11/h1-8H,(H2,17,18,19,20). The molecular formula is C16H10N2O2S. The maximum Gasteiger partial charge on any atom is 0.326 e. The Morgan fingerprint density at radius 2 is 1.71 bits per heavy atom. The third kappa shape index (κ3) is 1.90. The van der Waals surface area contributed by atoms with Gasteiger partial charge in [-0.2, -0.15) is 0 Å². The molecule has 2 aromatic heterocycles. The summed E-state index contributed by atoms with van der Waals surface area (Å²) in [5.74, 6) is 0. The number of nitrogens with one attached hydrogen (secondary N) is 2. The van der Waals surface area contributed by atoms with E-state index >= 15 is 0 Å². The molecule has 4 aromatic rings. The minimum Gasteiger partial charge on any atom is -0.298 e. The van der Waals surface area contributed by atoms with Crippen LogP contribution in [0.5, 0.6) is 0 Å². The third-order valence-corrected chi connectivity index (χ3v) is 4.43. The number of aromatic amines is 2. The molecule has 2 heterocycles. The fourth-order valence-corrected chi connectivity index (χ4v) is 3.51. The van der Waals surface area contributed by atoms with Crippen molar-refractivity contribution in [1.29, 1.82) is 0 Å². The van der Waals surface area contributed by atoms with E-state index < -0.39 is 5.69 Å². The zero-order valence-corrected chi connectivity index (χ0v) is 11.7. The van der Waals surface area contributed by atoms with E-state index in [4.69, 9.17) is 0 Å². The van der Waals surface area contributed by atoms with Gasteiger partial charge >= 0.3 is 5.69 Å². The van der Waals surface area contributed by atoms with Gasteiger partial charge in [0.05, 0.1) is 5.39 Å². The molecular weight excluding hydrogens is 284 g/mol. The van der Waals surface area contributed by atoms with Crippen LogP contribution < -0.4 is 11.2 Å². The lowest BCUT2D eigenvalue weighted by molar-refractivity contribution is 1.09. The topological polar surface area (TPSA) is 65.7 Å². The van der Waals surface area contributed by atoms with E-state index in [1.807, 2.05) is 35.7 Å². The van der Waals surface area contributed by atoms with Crippen molar-refractivity contribution in [2.75, 3.05) is 0 Å². The van der Waals surface area contributed by atoms with Crippen LogP contribution >= 0.6 is 11.3 Å². The van der Waals surface area contributed by atoms with Crippen molar-refractivity contribution < 1.29 is 0 Å². The molecule has 0 atom stereocenters. The van der Waals surface area contributed by atoms with Gasteiger partial charge in [-0.3, -0.25) is 14.8 Å². The van der Waals surface area contributed by atoms with Gasteiger partial charge in [-0.25, -0.2) is 4.79 Å². The Labute approximate surface area is 122 Å². The van der Waals surface area contributed by atoms with Crippen LogP contribution in [-0.2, 0) is 0 Å². The van der Waals surface area contributed by atoms with Gasteiger partial charge in [0, 0.05) is 10.9 Å². The van der Waals surface area contributed by atoms with Crippen molar-refractivity contribution >= 4 is 32.3 Å². The quantitative estimate of drug-likeness (QED) is 0.566. The first-order chi connectivity index (χ1) is 10.2. The van der Waals surface area contributed by atoms with Gasteiger partial charge in [-0.1, -0.05) is 36.4 Å². The zero-order chi connectivity index (χ0) is 14.4. The molecule has 21 heavy (non-hydrogen) atoms. The number of fused-ring (bicyclic) bond motifs is 2. The van der Waals surface area contributed by atoms with Gasteiger partial charge in [0.25, 0.3) is 5.56 Å². The molecule has 0 aliphatic heterocycles. The van der Waals surface area contributed by atoms with Gasteiger partial charge in [0.2, 0.25) is 0 Å². The summed E-state index contributed by atoms with van der Waals surface area (Å²) in [7, 11) is 0. The molecule has 2 N–H and O–H groups in total. The molecule has 0 unspecified atom stereocenters. The maximum atomic E-state index is 12.0. The molecule has 0 saturated carbocycles. The molecule has 0 aliphatic rings. The molecule has 0 fully saturated rings. The highest BCUT2D eigenvalue weighted by molar-refractivity contribution is 7.17. The molecule has 0 spiro atoms. The Morgan fingerprint density at radius 1 is 0.905 bits per heavy atom. The lowest BCUT2D eigenvalue weighted by Crippen LogP contribution is -2.21. The summed E-state index contributed by atoms with van der Waals surface area (Å²) in [6, 6.07) is 14.2. The Bertz CT molecular complexity index is 1090. The number of thiophene rings is 1. The Kier molecular flexibility index (Phi) is 2.55. The SMILES string of the molecule is O=c1[nH]c(=O)c2c(-c3ccc4ccccc4c3)csc2[nH]1. The summed E-state index contributed by atoms with van der Waals surface area (Å²) in [6.45, 7) is 0. The summed E-state index contributed by atoms with van der Waals surface area (Å²) < 4.78 is 0. The Hall–Kier alpha value is -2.66. The molecule has 5 heteroatoms. The highest BCUT2D eigenvalue weighted by atomic mass is 32.1. The summed E-state index contributed by atoms with van der Waals surface area (Å²) >= 11 is 1.37. The molecule has 0 amide bonds. The first-order valence-electron chi connectivity index (χ1n) is 6.45. The lowest BCUT2D eigenvalue weighted by Gasteiger charge is -2.02. The second-order valence-electron chi connectivity index (χ2n) is 4.82. The van der Waals surface area contributed by atoms with Gasteiger partial charge in [-0.05, 0) is 22.4 Å². The molecule has 4 rings (SSSR count). The maximum absolute atomic E-state index is 12.0. The van der Waals surface area contributed by atoms with E-state index in [9.17, 15) is 9.59 Å². The van der Waals surface area contributed by atoms with Crippen LogP contribution in [0.4, 0.5) is 0 Å². The van der Waals surface area contributed by atoms with E-state index in [0.717, 1.165) is 21.9 Å². The molecule has 0 aliphatic carbocycles. The molecule has 0 radical (unpaired) electrons. The normalized spacial score (nSPS) is 11.2. The predicted molar refractivity (Wildman–Crippen MR) is 86.0 cm³/mol. The summed E-state index contributed by atoms with van der Waals surface area (Å²) in [6.07, 6.45) is 0. The van der Waals surface area contributed by atoms with Gasteiger partial charge in [-0.15, -0.1) is 11.3 Å². The van der Waals surface area contributed by atoms with E-state index in [-0.39, 0.29) is 5.56 Å². The van der Waals surface area contributed by atoms with Gasteiger partial charge in [0.15, 0.2) is 0 Å². The Morgan fingerprint density at radius 3 is 2.57 bits per heavy atom. The highest BCUT2D eigenvalue weighted by Gasteiger charge is 2.11. The third-order valence-electron chi connectivity index (χ3n) is 3.53. The van der Waals surface area contributed by atoms with Crippen molar-refractivity contribution in [2.45, 2.75) is 0 Å². The fraction of sp³-hybridized carbons (Fsp3) is 0. The fourth-order valence-electron chi connectivity index (χ4n) is 2.54. The van der Waals surface area contributed by atoms with Crippen molar-refractivity contribution in [2.24, 2.45) is 0 Å². The van der Waals surface area contributed by atoms with Crippen molar-refractivity contribution in [3.8, 4) is 11.1 Å². The molecule has 4 nitrogen and oxygen atoms in total. The lowest BCUT2D eigenvalue weighted by atomic mass is 10.0. The van der Waals surface area contributed by atoms with Crippen molar-refractivity contribution in [3.63, 3.8) is 0 Å². The number of hydrogen-bond donors (Lipinski definition) is 2. The van der Waals surface area contributed by atoms with E-state index in [1.165, 1.54) is 11.3 Å². The highest BCUT2D eigenvalue weighted by Crippen LogP contribution is 2.31. The molecule has 0 saturated heterocycles. The summed E-state index contributed by atoms with van der Waals surface area (Å²) in [5.41, 5.74) is 0.994. The van der Waals surface area contributed by atoms with Gasteiger partial charge in [0.1, 0.15) is 4.83 Å². The predicted octanol–water partition coefficient (Wildman–Crippen LogP) is 3.10. The van der Waals surface area contributed by atoms with Crippen molar-refractivity contribution in [1.82, 2.24) is 9.97 Å². The summed E-state index contributed by atoms with van der Waals surface area (Å²) in [5, 5.41) is 4.72. The first kappa shape index (κ1) is 12.1. The average molecular weight is 294 g/mol. The molecule has 0 bridgehead atoms. The van der Waals surface area contributed by atoms with Crippen LogP contribution in [0.3, 0.4) is 0 Å². The average Bonchev–Trinajstić information content (AvgIpc) is 2.90. The second-order valence-corrected chi connectivity index (χ2v) is 5.70. The molecule has 2 aromatic carbocycles. The van der Waals surface area contributed by atoms with Crippen LogP contribution in [0.1, 0.15) is 0 Å². The minimum absolute atomic E-state index is 0.349. The van der Waals surface area contributed by atoms with E-state index in [2.05, 4.69) is 22.1 Å². The van der Waals surface area contributed by atoms with E-state index in [1.54, 1.807) is 0 Å². The number of benzene rings is 2. The Balaban J connectivity index is 2.04. The first-order valence-corrected chi connectivity index (χ1v) is 7.33. The van der Waals surface area contributed by atoms with Crippen LogP contribution in [0, 0.1) is 0 Å². The van der Waals surface area contributed by atoms with Crippen LogP contribution in [0.15, 0.2) is 57.4 Å². The molecule has 102 valence electrons. The number of aromatic nitrogens is 2. The largest absolute Gasteiger partial charge is 0.326 e. The summed E-state index contributed by atoms with van der Waals surface area (Å²) in [4.78, 5) is 28.9. The second kappa shape index (κ2) is 4.43. The zero-order valence-electron chi connectivity index (χ0n) is 10.8. The van der Waals surface area contributed by atoms with Crippen LogP contribution in [0.25, 0.3) is 32.1 Å². The van der Waals surface area contributed by atoms with Gasteiger partial charge < -0.3 is 0 Å². The van der Waals surface area contributed by atoms with Crippen LogP contribution in [-0.4, -0.2) is 9.97 Å². The monoisotopic (exact) mass is 294 g/mol. The van der Waals surface area contributed by atoms with Crippen LogP contribution in [0.2, 0.25) is 0 Å².